The number of rotatable bonds is 7. The second-order valence-electron chi connectivity index (χ2n) is 6.03. The summed E-state index contributed by atoms with van der Waals surface area (Å²) in [5, 5.41) is 17.8. The quantitative estimate of drug-likeness (QED) is 0.813. The van der Waals surface area contributed by atoms with Crippen LogP contribution in [0.1, 0.15) is 25.7 Å². The van der Waals surface area contributed by atoms with Gasteiger partial charge in [0.25, 0.3) is 0 Å². The van der Waals surface area contributed by atoms with Gasteiger partial charge in [-0.2, -0.15) is 10.5 Å². The van der Waals surface area contributed by atoms with E-state index in [1.165, 1.54) is 0 Å². The molecular formula is C17H22N4O2S. The van der Waals surface area contributed by atoms with Crippen molar-refractivity contribution < 1.29 is 8.42 Å². The van der Waals surface area contributed by atoms with Crippen LogP contribution in [0.2, 0.25) is 0 Å². The van der Waals surface area contributed by atoms with Gasteiger partial charge >= 0.3 is 0 Å². The van der Waals surface area contributed by atoms with Crippen LogP contribution in [0.15, 0.2) is 35.2 Å². The van der Waals surface area contributed by atoms with E-state index in [9.17, 15) is 8.42 Å². The van der Waals surface area contributed by atoms with Gasteiger partial charge in [-0.25, -0.2) is 13.1 Å². The molecule has 0 aromatic heterocycles. The minimum atomic E-state index is -3.47. The van der Waals surface area contributed by atoms with Crippen molar-refractivity contribution >= 4 is 10.0 Å². The average molecular weight is 346 g/mol. The first kappa shape index (κ1) is 18.4. The molecule has 1 fully saturated rings. The van der Waals surface area contributed by atoms with E-state index in [4.69, 9.17) is 10.5 Å². The largest absolute Gasteiger partial charge is 0.302 e. The zero-order valence-electron chi connectivity index (χ0n) is 13.6. The summed E-state index contributed by atoms with van der Waals surface area (Å²) in [4.78, 5) is 2.46. The number of nitriles is 2. The molecule has 0 aliphatic carbocycles. The fourth-order valence-electron chi connectivity index (χ4n) is 2.87. The number of nitrogens with one attached hydrogen (secondary N) is 1. The van der Waals surface area contributed by atoms with Crippen molar-refractivity contribution in [3.05, 3.63) is 30.3 Å². The van der Waals surface area contributed by atoms with E-state index in [-0.39, 0.29) is 16.9 Å². The first-order chi connectivity index (χ1) is 11.5. The first-order valence-electron chi connectivity index (χ1n) is 8.11. The molecule has 0 unspecified atom stereocenters. The Hall–Kier alpha value is -1.93. The Balaban J connectivity index is 1.83. The van der Waals surface area contributed by atoms with Crippen molar-refractivity contribution in [1.29, 1.82) is 10.5 Å². The van der Waals surface area contributed by atoms with Gasteiger partial charge in [-0.05, 0) is 44.5 Å². The van der Waals surface area contributed by atoms with Gasteiger partial charge in [-0.1, -0.05) is 18.2 Å². The summed E-state index contributed by atoms with van der Waals surface area (Å²) in [5.74, 6) is -0.137. The Morgan fingerprint density at radius 1 is 1.21 bits per heavy atom. The molecule has 0 spiro atoms. The molecule has 0 radical (unpaired) electrons. The maximum Gasteiger partial charge on any atom is 0.240 e. The third kappa shape index (κ3) is 5.31. The summed E-state index contributed by atoms with van der Waals surface area (Å²) >= 11 is 0. The molecule has 1 aromatic rings. The van der Waals surface area contributed by atoms with Crippen LogP contribution < -0.4 is 4.72 Å². The number of piperidine rings is 1. The summed E-state index contributed by atoms with van der Waals surface area (Å²) in [7, 11) is -3.47. The molecule has 2 rings (SSSR count). The second-order valence-corrected chi connectivity index (χ2v) is 7.75. The van der Waals surface area contributed by atoms with Gasteiger partial charge in [0.2, 0.25) is 10.0 Å². The Bertz CT molecular complexity index is 698. The lowest BCUT2D eigenvalue weighted by atomic mass is 10.0. The molecule has 7 heteroatoms. The zero-order chi connectivity index (χ0) is 17.4. The van der Waals surface area contributed by atoms with Crippen molar-refractivity contribution in [1.82, 2.24) is 9.62 Å². The molecule has 1 atom stereocenters. The van der Waals surface area contributed by atoms with Crippen LogP contribution in [-0.2, 0) is 10.0 Å². The van der Waals surface area contributed by atoms with Crippen LogP contribution in [0.25, 0.3) is 0 Å². The summed E-state index contributed by atoms with van der Waals surface area (Å²) in [6.07, 6.45) is 2.43. The third-order valence-corrected chi connectivity index (χ3v) is 5.77. The Kier molecular flexibility index (Phi) is 6.74. The van der Waals surface area contributed by atoms with Crippen molar-refractivity contribution in [3.63, 3.8) is 0 Å². The van der Waals surface area contributed by atoms with Crippen molar-refractivity contribution in [2.24, 2.45) is 5.92 Å². The van der Waals surface area contributed by atoms with Gasteiger partial charge in [0.15, 0.2) is 0 Å². The molecule has 128 valence electrons. The van der Waals surface area contributed by atoms with Gasteiger partial charge in [-0.3, -0.25) is 0 Å². The van der Waals surface area contributed by atoms with Crippen molar-refractivity contribution in [2.45, 2.75) is 36.6 Å². The van der Waals surface area contributed by atoms with E-state index in [1.807, 2.05) is 0 Å². The van der Waals surface area contributed by atoms with Crippen LogP contribution in [0.5, 0.6) is 0 Å². The molecule has 0 saturated carbocycles. The van der Waals surface area contributed by atoms with Crippen LogP contribution in [0, 0.1) is 28.6 Å². The van der Waals surface area contributed by atoms with Crippen molar-refractivity contribution in [2.75, 3.05) is 19.6 Å². The number of hydrogen-bond donors (Lipinski definition) is 1. The predicted molar refractivity (Wildman–Crippen MR) is 90.2 cm³/mol. The van der Waals surface area contributed by atoms with E-state index in [0.717, 1.165) is 25.9 Å². The average Bonchev–Trinajstić information content (AvgIpc) is 2.60. The van der Waals surface area contributed by atoms with E-state index in [2.05, 4.69) is 21.8 Å². The number of nitrogens with zero attached hydrogens (tertiary/aromatic N) is 3. The van der Waals surface area contributed by atoms with Crippen LogP contribution in [-0.4, -0.2) is 39.0 Å². The summed E-state index contributed by atoms with van der Waals surface area (Å²) in [6, 6.07) is 12.6. The molecular weight excluding hydrogens is 324 g/mol. The zero-order valence-corrected chi connectivity index (χ0v) is 14.4. The van der Waals surface area contributed by atoms with E-state index in [0.29, 0.717) is 19.4 Å². The Morgan fingerprint density at radius 2 is 1.88 bits per heavy atom. The monoisotopic (exact) mass is 346 g/mol. The van der Waals surface area contributed by atoms with Crippen LogP contribution in [0.4, 0.5) is 0 Å². The lowest BCUT2D eigenvalue weighted by Gasteiger charge is -2.33. The summed E-state index contributed by atoms with van der Waals surface area (Å²) in [6.45, 7) is 2.16. The normalized spacial score (nSPS) is 17.8. The molecule has 24 heavy (non-hydrogen) atoms. The topological polar surface area (TPSA) is 97.0 Å². The highest BCUT2D eigenvalue weighted by Crippen LogP contribution is 2.17. The molecule has 1 aliphatic heterocycles. The van der Waals surface area contributed by atoms with Gasteiger partial charge in [-0.15, -0.1) is 0 Å². The minimum Gasteiger partial charge on any atom is -0.302 e. The van der Waals surface area contributed by atoms with Gasteiger partial charge in [0, 0.05) is 19.0 Å². The molecule has 0 amide bonds. The number of likely N-dealkylation sites (tertiary alicyclic amines) is 1. The molecule has 1 heterocycles. The number of benzene rings is 1. The summed E-state index contributed by atoms with van der Waals surface area (Å²) in [5.41, 5.74) is 0. The molecule has 6 nitrogen and oxygen atoms in total. The second kappa shape index (κ2) is 8.79. The molecule has 0 bridgehead atoms. The lowest BCUT2D eigenvalue weighted by molar-refractivity contribution is 0.189. The van der Waals surface area contributed by atoms with Crippen molar-refractivity contribution in [3.8, 4) is 12.1 Å². The maximum absolute atomic E-state index is 12.3. The predicted octanol–water partition coefficient (Wildman–Crippen LogP) is 1.87. The molecule has 1 saturated heterocycles. The van der Waals surface area contributed by atoms with Gasteiger partial charge < -0.3 is 4.90 Å². The smallest absolute Gasteiger partial charge is 0.240 e. The molecule has 1 aliphatic rings. The maximum atomic E-state index is 12.3. The van der Waals surface area contributed by atoms with Gasteiger partial charge in [0.05, 0.1) is 23.0 Å². The number of hydrogen-bond acceptors (Lipinski definition) is 5. The highest BCUT2D eigenvalue weighted by atomic mass is 32.2. The Morgan fingerprint density at radius 3 is 2.46 bits per heavy atom. The lowest BCUT2D eigenvalue weighted by Crippen LogP contribution is -2.45. The SMILES string of the molecule is N#CCC[C@@H](C#N)CN1CCC(NS(=O)(=O)c2ccccc2)CC1. The fraction of sp³-hybridized carbons (Fsp3) is 0.529. The van der Waals surface area contributed by atoms with Crippen LogP contribution in [0.3, 0.4) is 0 Å². The third-order valence-electron chi connectivity index (χ3n) is 4.23. The fourth-order valence-corrected chi connectivity index (χ4v) is 4.19. The standard InChI is InChI=1S/C17H22N4O2S/c18-10-4-5-15(13-19)14-21-11-8-16(9-12-21)20-24(22,23)17-6-2-1-3-7-17/h1-3,6-7,15-16,20H,4-5,8-9,11-12,14H2/t15-/m0/s1. The van der Waals surface area contributed by atoms with E-state index < -0.39 is 10.0 Å². The van der Waals surface area contributed by atoms with Gasteiger partial charge in [0.1, 0.15) is 0 Å². The highest BCUT2D eigenvalue weighted by molar-refractivity contribution is 7.89. The first-order valence-corrected chi connectivity index (χ1v) is 9.60. The van der Waals surface area contributed by atoms with E-state index >= 15 is 0 Å². The van der Waals surface area contributed by atoms with E-state index in [1.54, 1.807) is 30.3 Å². The summed E-state index contributed by atoms with van der Waals surface area (Å²) < 4.78 is 27.4. The minimum absolute atomic E-state index is 0.0777. The molecule has 1 aromatic carbocycles. The molecule has 1 N–H and O–H groups in total. The Labute approximate surface area is 143 Å². The highest BCUT2D eigenvalue weighted by Gasteiger charge is 2.25. The number of sulfonamides is 1. The van der Waals surface area contributed by atoms with Crippen LogP contribution >= 0.6 is 0 Å².